The maximum Gasteiger partial charge on any atom is 0.123 e. The van der Waals surface area contributed by atoms with Gasteiger partial charge in [0.15, 0.2) is 0 Å². The van der Waals surface area contributed by atoms with Crippen LogP contribution in [0.1, 0.15) is 5.56 Å². The zero-order valence-corrected chi connectivity index (χ0v) is 10.4. The molecule has 0 fully saturated rings. The summed E-state index contributed by atoms with van der Waals surface area (Å²) >= 11 is 7.49. The van der Waals surface area contributed by atoms with Gasteiger partial charge < -0.3 is 5.73 Å². The second-order valence-electron chi connectivity index (χ2n) is 3.44. The van der Waals surface area contributed by atoms with E-state index in [-0.39, 0.29) is 5.82 Å². The van der Waals surface area contributed by atoms with Crippen LogP contribution in [0.5, 0.6) is 0 Å². The number of rotatable bonds is 3. The number of anilines is 1. The fourth-order valence-corrected chi connectivity index (χ4v) is 2.52. The highest BCUT2D eigenvalue weighted by Gasteiger charge is 2.05. The van der Waals surface area contributed by atoms with E-state index in [2.05, 4.69) is 4.98 Å². The van der Waals surface area contributed by atoms with Crippen LogP contribution in [0.2, 0.25) is 5.02 Å². The van der Waals surface area contributed by atoms with Crippen molar-refractivity contribution >= 4 is 29.1 Å². The molecule has 0 aliphatic rings. The molecule has 1 heterocycles. The smallest absolute Gasteiger partial charge is 0.123 e. The molecule has 0 radical (unpaired) electrons. The number of nitrogens with two attached hydrogens (primary N) is 1. The minimum Gasteiger partial charge on any atom is -0.397 e. The van der Waals surface area contributed by atoms with Gasteiger partial charge in [0.05, 0.1) is 11.9 Å². The molecule has 5 heteroatoms. The molecule has 0 bridgehead atoms. The van der Waals surface area contributed by atoms with Crippen molar-refractivity contribution in [1.29, 1.82) is 0 Å². The quantitative estimate of drug-likeness (QED) is 0.862. The molecule has 2 N–H and O–H groups in total. The molecule has 0 saturated heterocycles. The van der Waals surface area contributed by atoms with Gasteiger partial charge in [-0.1, -0.05) is 11.6 Å². The molecule has 0 saturated carbocycles. The van der Waals surface area contributed by atoms with Gasteiger partial charge in [-0.25, -0.2) is 4.39 Å². The van der Waals surface area contributed by atoms with E-state index in [9.17, 15) is 4.39 Å². The topological polar surface area (TPSA) is 38.9 Å². The largest absolute Gasteiger partial charge is 0.397 e. The zero-order chi connectivity index (χ0) is 12.3. The Morgan fingerprint density at radius 2 is 2.18 bits per heavy atom. The molecule has 2 nitrogen and oxygen atoms in total. The fraction of sp³-hybridized carbons (Fsp3) is 0.0833. The number of pyridine rings is 1. The normalized spacial score (nSPS) is 10.5. The Hall–Kier alpha value is -1.26. The van der Waals surface area contributed by atoms with Gasteiger partial charge in [0.2, 0.25) is 0 Å². The van der Waals surface area contributed by atoms with Crippen molar-refractivity contribution in [2.75, 3.05) is 5.73 Å². The fourth-order valence-electron chi connectivity index (χ4n) is 1.33. The molecule has 2 aromatic rings. The second-order valence-corrected chi connectivity index (χ2v) is 4.86. The average molecular weight is 269 g/mol. The van der Waals surface area contributed by atoms with Gasteiger partial charge in [0.1, 0.15) is 5.82 Å². The van der Waals surface area contributed by atoms with Gasteiger partial charge in [0, 0.05) is 21.9 Å². The Balaban J connectivity index is 2.12. The summed E-state index contributed by atoms with van der Waals surface area (Å²) in [5, 5.41) is 0.562. The minimum absolute atomic E-state index is 0.285. The first-order valence-corrected chi connectivity index (χ1v) is 6.29. The van der Waals surface area contributed by atoms with Crippen molar-refractivity contribution in [3.8, 4) is 0 Å². The summed E-state index contributed by atoms with van der Waals surface area (Å²) in [7, 11) is 0. The molecule has 2 rings (SSSR count). The molecule has 1 aromatic heterocycles. The van der Waals surface area contributed by atoms with Crippen LogP contribution in [0.15, 0.2) is 41.6 Å². The van der Waals surface area contributed by atoms with E-state index in [0.717, 1.165) is 10.5 Å². The lowest BCUT2D eigenvalue weighted by molar-refractivity contribution is 0.626. The molecule has 0 aliphatic carbocycles. The van der Waals surface area contributed by atoms with E-state index in [1.54, 1.807) is 18.5 Å². The van der Waals surface area contributed by atoms with Crippen molar-refractivity contribution in [3.05, 3.63) is 53.1 Å². The minimum atomic E-state index is -0.285. The van der Waals surface area contributed by atoms with Gasteiger partial charge in [-0.15, -0.1) is 11.8 Å². The molecule has 0 aliphatic heterocycles. The summed E-state index contributed by atoms with van der Waals surface area (Å²) in [6, 6.07) is 6.17. The molecule has 0 unspecified atom stereocenters. The number of aromatic nitrogens is 1. The van der Waals surface area contributed by atoms with Crippen molar-refractivity contribution < 1.29 is 4.39 Å². The van der Waals surface area contributed by atoms with Crippen molar-refractivity contribution in [2.24, 2.45) is 0 Å². The van der Waals surface area contributed by atoms with Crippen LogP contribution in [0, 0.1) is 5.82 Å². The predicted octanol–water partition coefficient (Wildman–Crippen LogP) is 3.75. The van der Waals surface area contributed by atoms with Crippen molar-refractivity contribution in [3.63, 3.8) is 0 Å². The van der Waals surface area contributed by atoms with E-state index in [4.69, 9.17) is 17.3 Å². The standard InChI is InChI=1S/C12H10ClFN2S/c13-10-2-1-9(14)5-8(10)7-17-12-3-4-16-6-11(12)15/h1-6H,7,15H2. The highest BCUT2D eigenvalue weighted by Crippen LogP contribution is 2.29. The van der Waals surface area contributed by atoms with Gasteiger partial charge in [-0.2, -0.15) is 0 Å². The zero-order valence-electron chi connectivity index (χ0n) is 8.86. The molecule has 1 aromatic carbocycles. The Bertz CT molecular complexity index is 534. The van der Waals surface area contributed by atoms with Crippen molar-refractivity contribution in [1.82, 2.24) is 4.98 Å². The van der Waals surface area contributed by atoms with E-state index < -0.39 is 0 Å². The number of hydrogen-bond donors (Lipinski definition) is 1. The van der Waals surface area contributed by atoms with Gasteiger partial charge >= 0.3 is 0 Å². The van der Waals surface area contributed by atoms with Crippen LogP contribution in [-0.4, -0.2) is 4.98 Å². The highest BCUT2D eigenvalue weighted by molar-refractivity contribution is 7.98. The van der Waals surface area contributed by atoms with Crippen LogP contribution in [0.3, 0.4) is 0 Å². The second kappa shape index (κ2) is 5.38. The van der Waals surface area contributed by atoms with Gasteiger partial charge in [-0.05, 0) is 29.8 Å². The van der Waals surface area contributed by atoms with Crippen LogP contribution in [0.4, 0.5) is 10.1 Å². The summed E-state index contributed by atoms with van der Waals surface area (Å²) in [4.78, 5) is 4.82. The third kappa shape index (κ3) is 3.11. The molecule has 0 spiro atoms. The predicted molar refractivity (Wildman–Crippen MR) is 69.6 cm³/mol. The average Bonchev–Trinajstić information content (AvgIpc) is 2.32. The SMILES string of the molecule is Nc1cnccc1SCc1cc(F)ccc1Cl. The number of nitrogen functional groups attached to an aromatic ring is 1. The number of hydrogen-bond acceptors (Lipinski definition) is 3. The maximum atomic E-state index is 13.0. The lowest BCUT2D eigenvalue weighted by Gasteiger charge is -2.06. The van der Waals surface area contributed by atoms with E-state index in [1.807, 2.05) is 6.07 Å². The van der Waals surface area contributed by atoms with Gasteiger partial charge in [0.25, 0.3) is 0 Å². The first kappa shape index (κ1) is 12.2. The summed E-state index contributed by atoms with van der Waals surface area (Å²) in [5.74, 6) is 0.290. The molecular weight excluding hydrogens is 259 g/mol. The molecule has 88 valence electrons. The van der Waals surface area contributed by atoms with E-state index in [1.165, 1.54) is 23.9 Å². The molecule has 0 amide bonds. The van der Waals surface area contributed by atoms with Crippen molar-refractivity contribution in [2.45, 2.75) is 10.6 Å². The number of halogens is 2. The Labute approximate surface area is 108 Å². The lowest BCUT2D eigenvalue weighted by Crippen LogP contribution is -1.90. The summed E-state index contributed by atoms with van der Waals surface area (Å²) in [6.07, 6.45) is 3.27. The van der Waals surface area contributed by atoms with Crippen LogP contribution >= 0.6 is 23.4 Å². The van der Waals surface area contributed by atoms with E-state index in [0.29, 0.717) is 16.5 Å². The Morgan fingerprint density at radius 1 is 1.35 bits per heavy atom. The third-order valence-electron chi connectivity index (χ3n) is 2.20. The summed E-state index contributed by atoms with van der Waals surface area (Å²) < 4.78 is 13.0. The van der Waals surface area contributed by atoms with Crippen LogP contribution < -0.4 is 5.73 Å². The lowest BCUT2D eigenvalue weighted by atomic mass is 10.2. The maximum absolute atomic E-state index is 13.0. The monoisotopic (exact) mass is 268 g/mol. The Morgan fingerprint density at radius 3 is 2.94 bits per heavy atom. The van der Waals surface area contributed by atoms with Gasteiger partial charge in [-0.3, -0.25) is 4.98 Å². The third-order valence-corrected chi connectivity index (χ3v) is 3.71. The Kier molecular flexibility index (Phi) is 3.86. The summed E-state index contributed by atoms with van der Waals surface area (Å²) in [6.45, 7) is 0. The van der Waals surface area contributed by atoms with E-state index >= 15 is 0 Å². The first-order valence-electron chi connectivity index (χ1n) is 4.93. The number of nitrogens with zero attached hydrogens (tertiary/aromatic N) is 1. The molecule has 17 heavy (non-hydrogen) atoms. The summed E-state index contributed by atoms with van der Waals surface area (Å²) in [5.41, 5.74) is 7.14. The molecular formula is C12H10ClFN2S. The number of thioether (sulfide) groups is 1. The molecule has 0 atom stereocenters. The van der Waals surface area contributed by atoms with Crippen LogP contribution in [-0.2, 0) is 5.75 Å². The highest BCUT2D eigenvalue weighted by atomic mass is 35.5. The van der Waals surface area contributed by atoms with Crippen LogP contribution in [0.25, 0.3) is 0 Å². The number of benzene rings is 1. The first-order chi connectivity index (χ1) is 8.16.